The first kappa shape index (κ1) is 15.9. The van der Waals surface area contributed by atoms with E-state index in [9.17, 15) is 0 Å². The number of aromatic nitrogens is 2. The highest BCUT2D eigenvalue weighted by molar-refractivity contribution is 5.96. The van der Waals surface area contributed by atoms with Crippen LogP contribution in [0, 0.1) is 0 Å². The maximum absolute atomic E-state index is 6.75. The summed E-state index contributed by atoms with van der Waals surface area (Å²) in [7, 11) is 0. The van der Waals surface area contributed by atoms with Crippen LogP contribution in [0.4, 0.5) is 11.4 Å². The number of hydrogen-bond acceptors (Lipinski definition) is 4. The lowest BCUT2D eigenvalue weighted by molar-refractivity contribution is 0.312. The van der Waals surface area contributed by atoms with E-state index in [1.54, 1.807) is 0 Å². The normalized spacial score (nSPS) is 25.1. The van der Waals surface area contributed by atoms with E-state index in [-0.39, 0.29) is 10.8 Å². The van der Waals surface area contributed by atoms with Crippen LogP contribution in [0.1, 0.15) is 36.4 Å². The van der Waals surface area contributed by atoms with Crippen LogP contribution in [-0.4, -0.2) is 9.97 Å². The van der Waals surface area contributed by atoms with Crippen LogP contribution in [0.2, 0.25) is 0 Å². The van der Waals surface area contributed by atoms with Crippen molar-refractivity contribution in [3.63, 3.8) is 0 Å². The molecule has 4 heteroatoms. The first-order chi connectivity index (χ1) is 13.4. The first-order valence-corrected chi connectivity index (χ1v) is 9.79. The third kappa shape index (κ3) is 1.63. The van der Waals surface area contributed by atoms with Gasteiger partial charge in [-0.15, -0.1) is 0 Å². The number of benzene rings is 2. The Bertz CT molecular complexity index is 1220. The van der Waals surface area contributed by atoms with Gasteiger partial charge in [0, 0.05) is 68.3 Å². The van der Waals surface area contributed by atoms with E-state index >= 15 is 0 Å². The molecule has 6 rings (SSSR count). The predicted molar refractivity (Wildman–Crippen MR) is 114 cm³/mol. The number of rotatable bonds is 0. The van der Waals surface area contributed by atoms with Gasteiger partial charge in [0.2, 0.25) is 0 Å². The van der Waals surface area contributed by atoms with Crippen LogP contribution in [0.15, 0.2) is 48.5 Å². The Morgan fingerprint density at radius 3 is 1.50 bits per heavy atom. The lowest BCUT2D eigenvalue weighted by Crippen LogP contribution is -2.39. The maximum atomic E-state index is 6.75. The molecular formula is C24H22N4. The molecule has 2 aromatic heterocycles. The molecule has 4 nitrogen and oxygen atoms in total. The monoisotopic (exact) mass is 366 g/mol. The third-order valence-corrected chi connectivity index (χ3v) is 7.38. The Morgan fingerprint density at radius 1 is 0.679 bits per heavy atom. The van der Waals surface area contributed by atoms with Gasteiger partial charge in [-0.25, -0.2) is 0 Å². The highest BCUT2D eigenvalue weighted by Crippen LogP contribution is 2.62. The summed E-state index contributed by atoms with van der Waals surface area (Å²) in [5.74, 6) is 0. The lowest BCUT2D eigenvalue weighted by atomic mass is 9.66. The van der Waals surface area contributed by atoms with Gasteiger partial charge in [0.15, 0.2) is 0 Å². The molecule has 0 amide bonds. The van der Waals surface area contributed by atoms with Crippen molar-refractivity contribution in [2.45, 2.75) is 37.5 Å². The van der Waals surface area contributed by atoms with Crippen molar-refractivity contribution in [3.8, 4) is 0 Å². The Balaban J connectivity index is 1.68. The largest absolute Gasteiger partial charge is 0.398 e. The van der Waals surface area contributed by atoms with Gasteiger partial charge in [-0.05, 0) is 12.1 Å². The van der Waals surface area contributed by atoms with E-state index in [4.69, 9.17) is 21.4 Å². The Morgan fingerprint density at radius 2 is 1.07 bits per heavy atom. The molecule has 0 saturated heterocycles. The van der Waals surface area contributed by atoms with Crippen LogP contribution in [-0.2, 0) is 23.7 Å². The maximum Gasteiger partial charge on any atom is 0.0726 e. The highest BCUT2D eigenvalue weighted by atomic mass is 14.8. The van der Waals surface area contributed by atoms with Gasteiger partial charge in [0.1, 0.15) is 0 Å². The van der Waals surface area contributed by atoms with E-state index < -0.39 is 0 Å². The number of nitrogens with zero attached hydrogens (tertiary/aromatic N) is 2. The molecule has 0 saturated carbocycles. The molecule has 2 atom stereocenters. The average Bonchev–Trinajstić information content (AvgIpc) is 3.02. The minimum Gasteiger partial charge on any atom is -0.398 e. The summed E-state index contributed by atoms with van der Waals surface area (Å²) in [5.41, 5.74) is 21.4. The molecule has 0 radical (unpaired) electrons. The van der Waals surface area contributed by atoms with Gasteiger partial charge in [0.25, 0.3) is 0 Å². The minimum atomic E-state index is -0.162. The van der Waals surface area contributed by atoms with Gasteiger partial charge in [0.05, 0.1) is 11.0 Å². The Labute approximate surface area is 163 Å². The molecule has 0 fully saturated rings. The number of para-hydroxylation sites is 2. The van der Waals surface area contributed by atoms with Crippen LogP contribution in [0.25, 0.3) is 21.8 Å². The summed E-state index contributed by atoms with van der Waals surface area (Å²) >= 11 is 0. The molecule has 2 aliphatic carbocycles. The summed E-state index contributed by atoms with van der Waals surface area (Å²) in [6.45, 7) is 4.63. The second kappa shape index (κ2) is 4.82. The van der Waals surface area contributed by atoms with E-state index in [2.05, 4.69) is 26.0 Å². The summed E-state index contributed by atoms with van der Waals surface area (Å²) < 4.78 is 0. The summed E-state index contributed by atoms with van der Waals surface area (Å²) in [5, 5.41) is 2.07. The van der Waals surface area contributed by atoms with Gasteiger partial charge >= 0.3 is 0 Å². The quantitative estimate of drug-likeness (QED) is 0.487. The topological polar surface area (TPSA) is 77.8 Å². The Hall–Kier alpha value is -3.14. The molecule has 0 unspecified atom stereocenters. The number of nitrogens with two attached hydrogens (primary N) is 2. The van der Waals surface area contributed by atoms with E-state index in [0.717, 1.165) is 57.4 Å². The standard InChI is InChI=1S/C24H22N4/c1-23-11-17-20(22(26)14-8-4-6-10-16(14)27-17)24(23,2)12-18-19(23)21(25)13-7-3-5-9-15(13)28-18/h3-10H,11-12H2,1-2H3,(H2,25,28)(H2,26,27)/t23-,24-/m1/s1. The fourth-order valence-electron chi connectivity index (χ4n) is 5.86. The fraction of sp³-hybridized carbons (Fsp3) is 0.250. The highest BCUT2D eigenvalue weighted by Gasteiger charge is 2.60. The summed E-state index contributed by atoms with van der Waals surface area (Å²) in [4.78, 5) is 10.0. The molecule has 0 bridgehead atoms. The molecule has 0 spiro atoms. The number of anilines is 2. The van der Waals surface area contributed by atoms with E-state index in [1.807, 2.05) is 36.4 Å². The van der Waals surface area contributed by atoms with Crippen molar-refractivity contribution in [2.75, 3.05) is 11.5 Å². The fourth-order valence-corrected chi connectivity index (χ4v) is 5.86. The molecule has 4 N–H and O–H groups in total. The second-order valence-electron chi connectivity index (χ2n) is 8.75. The van der Waals surface area contributed by atoms with Crippen LogP contribution >= 0.6 is 0 Å². The smallest absolute Gasteiger partial charge is 0.0726 e. The molecule has 0 aliphatic heterocycles. The number of hydrogen-bond donors (Lipinski definition) is 2. The summed E-state index contributed by atoms with van der Waals surface area (Å²) in [6.07, 6.45) is 1.68. The van der Waals surface area contributed by atoms with Gasteiger partial charge in [-0.2, -0.15) is 0 Å². The van der Waals surface area contributed by atoms with Crippen molar-refractivity contribution < 1.29 is 0 Å². The van der Waals surface area contributed by atoms with Crippen molar-refractivity contribution in [1.82, 2.24) is 9.97 Å². The first-order valence-electron chi connectivity index (χ1n) is 9.79. The lowest BCUT2D eigenvalue weighted by Gasteiger charge is -2.36. The average molecular weight is 366 g/mol. The molecule has 2 aliphatic rings. The Kier molecular flexibility index (Phi) is 2.73. The van der Waals surface area contributed by atoms with Crippen LogP contribution < -0.4 is 11.5 Å². The van der Waals surface area contributed by atoms with Crippen molar-refractivity contribution >= 4 is 33.2 Å². The zero-order chi connectivity index (χ0) is 19.3. The van der Waals surface area contributed by atoms with Crippen molar-refractivity contribution in [3.05, 3.63) is 71.0 Å². The number of nitrogen functional groups attached to an aromatic ring is 2. The number of fused-ring (bicyclic) bond motifs is 7. The van der Waals surface area contributed by atoms with Crippen LogP contribution in [0.5, 0.6) is 0 Å². The molecule has 138 valence electrons. The van der Waals surface area contributed by atoms with Gasteiger partial charge in [-0.3, -0.25) is 9.97 Å². The molecule has 28 heavy (non-hydrogen) atoms. The van der Waals surface area contributed by atoms with E-state index in [0.29, 0.717) is 0 Å². The SMILES string of the molecule is C[C@]12Cc3nc4ccccc4c(N)c3[C@@]1(C)Cc1nc3ccccc3c(N)c12. The third-order valence-electron chi connectivity index (χ3n) is 7.38. The van der Waals surface area contributed by atoms with Crippen molar-refractivity contribution in [2.24, 2.45) is 0 Å². The zero-order valence-electron chi connectivity index (χ0n) is 16.1. The van der Waals surface area contributed by atoms with Crippen molar-refractivity contribution in [1.29, 1.82) is 0 Å². The van der Waals surface area contributed by atoms with Gasteiger partial charge in [-0.1, -0.05) is 50.2 Å². The molecular weight excluding hydrogens is 344 g/mol. The van der Waals surface area contributed by atoms with Crippen LogP contribution in [0.3, 0.4) is 0 Å². The molecule has 2 heterocycles. The van der Waals surface area contributed by atoms with Gasteiger partial charge < -0.3 is 11.5 Å². The minimum absolute atomic E-state index is 0.162. The predicted octanol–water partition coefficient (Wildman–Crippen LogP) is 4.28. The summed E-state index contributed by atoms with van der Waals surface area (Å²) in [6, 6.07) is 16.3. The number of pyridine rings is 2. The second-order valence-corrected chi connectivity index (χ2v) is 8.75. The zero-order valence-corrected chi connectivity index (χ0v) is 16.1. The van der Waals surface area contributed by atoms with E-state index in [1.165, 1.54) is 11.1 Å². The molecule has 4 aromatic rings. The molecule has 2 aromatic carbocycles.